The molecule has 3 nitrogen and oxygen atoms in total. The van der Waals surface area contributed by atoms with Crippen molar-refractivity contribution in [3.8, 4) is 0 Å². The summed E-state index contributed by atoms with van der Waals surface area (Å²) in [7, 11) is 1.70. The Hall–Kier alpha value is -2.43. The number of rotatable bonds is 4. The van der Waals surface area contributed by atoms with Gasteiger partial charge in [-0.1, -0.05) is 12.1 Å². The van der Waals surface area contributed by atoms with Gasteiger partial charge in [0, 0.05) is 13.6 Å². The van der Waals surface area contributed by atoms with Crippen molar-refractivity contribution in [3.05, 3.63) is 65.2 Å². The lowest BCUT2D eigenvalue weighted by atomic mass is 10.1. The summed E-state index contributed by atoms with van der Waals surface area (Å²) in [5, 5.41) is 9.10. The lowest BCUT2D eigenvalue weighted by Crippen LogP contribution is -2.19. The number of carboxylic acids is 1. The topological polar surface area (TPSA) is 40.5 Å². The van der Waals surface area contributed by atoms with Gasteiger partial charge in [-0.05, 0) is 35.9 Å². The number of halogens is 2. The third kappa shape index (κ3) is 3.12. The SMILES string of the molecule is CN(Cc1ccc(F)cc1)c1ccc(F)cc1C(=O)O. The van der Waals surface area contributed by atoms with Crippen LogP contribution in [-0.4, -0.2) is 18.1 Å². The number of hydrogen-bond donors (Lipinski definition) is 1. The highest BCUT2D eigenvalue weighted by atomic mass is 19.1. The average Bonchev–Trinajstić information content (AvgIpc) is 2.41. The van der Waals surface area contributed by atoms with E-state index in [1.54, 1.807) is 24.1 Å². The quantitative estimate of drug-likeness (QED) is 0.932. The largest absolute Gasteiger partial charge is 0.478 e. The third-order valence-corrected chi connectivity index (χ3v) is 2.93. The van der Waals surface area contributed by atoms with Gasteiger partial charge in [0.05, 0.1) is 11.3 Å². The molecule has 104 valence electrons. The van der Waals surface area contributed by atoms with Crippen molar-refractivity contribution in [1.29, 1.82) is 0 Å². The van der Waals surface area contributed by atoms with Crippen LogP contribution in [0.4, 0.5) is 14.5 Å². The van der Waals surface area contributed by atoms with Crippen LogP contribution in [0.15, 0.2) is 42.5 Å². The molecule has 0 aliphatic heterocycles. The first-order chi connectivity index (χ1) is 9.47. The molecule has 0 heterocycles. The monoisotopic (exact) mass is 277 g/mol. The van der Waals surface area contributed by atoms with E-state index in [9.17, 15) is 13.6 Å². The summed E-state index contributed by atoms with van der Waals surface area (Å²) in [6.45, 7) is 0.395. The van der Waals surface area contributed by atoms with Crippen LogP contribution in [0.5, 0.6) is 0 Å². The Bertz CT molecular complexity index is 626. The minimum Gasteiger partial charge on any atom is -0.478 e. The van der Waals surface area contributed by atoms with Crippen molar-refractivity contribution in [2.45, 2.75) is 6.54 Å². The summed E-state index contributed by atoms with van der Waals surface area (Å²) >= 11 is 0. The van der Waals surface area contributed by atoms with Crippen LogP contribution in [0, 0.1) is 11.6 Å². The molecule has 0 unspecified atom stereocenters. The van der Waals surface area contributed by atoms with Gasteiger partial charge >= 0.3 is 5.97 Å². The van der Waals surface area contributed by atoms with Crippen molar-refractivity contribution < 1.29 is 18.7 Å². The second kappa shape index (κ2) is 5.69. The molecular formula is C15H13F2NO2. The maximum Gasteiger partial charge on any atom is 0.337 e. The second-order valence-electron chi connectivity index (χ2n) is 4.45. The van der Waals surface area contributed by atoms with Crippen molar-refractivity contribution >= 4 is 11.7 Å². The van der Waals surface area contributed by atoms with Crippen LogP contribution < -0.4 is 4.90 Å². The summed E-state index contributed by atoms with van der Waals surface area (Å²) in [4.78, 5) is 12.8. The van der Waals surface area contributed by atoms with E-state index in [0.717, 1.165) is 11.6 Å². The van der Waals surface area contributed by atoms with E-state index in [1.165, 1.54) is 24.3 Å². The number of nitrogens with zero attached hydrogens (tertiary/aromatic N) is 1. The maximum atomic E-state index is 13.1. The third-order valence-electron chi connectivity index (χ3n) is 2.93. The molecule has 0 amide bonds. The maximum absolute atomic E-state index is 13.1. The molecule has 5 heteroatoms. The van der Waals surface area contributed by atoms with E-state index in [0.29, 0.717) is 12.2 Å². The van der Waals surface area contributed by atoms with Gasteiger partial charge in [-0.15, -0.1) is 0 Å². The Kier molecular flexibility index (Phi) is 3.98. The van der Waals surface area contributed by atoms with E-state index in [4.69, 9.17) is 5.11 Å². The van der Waals surface area contributed by atoms with E-state index in [-0.39, 0.29) is 11.4 Å². The van der Waals surface area contributed by atoms with E-state index < -0.39 is 11.8 Å². The van der Waals surface area contributed by atoms with Crippen LogP contribution >= 0.6 is 0 Å². The van der Waals surface area contributed by atoms with Crippen molar-refractivity contribution in [3.63, 3.8) is 0 Å². The molecule has 0 bridgehead atoms. The highest BCUT2D eigenvalue weighted by Gasteiger charge is 2.14. The van der Waals surface area contributed by atoms with E-state index in [2.05, 4.69) is 0 Å². The smallest absolute Gasteiger partial charge is 0.337 e. The first-order valence-electron chi connectivity index (χ1n) is 5.96. The Labute approximate surface area is 115 Å². The van der Waals surface area contributed by atoms with E-state index >= 15 is 0 Å². The van der Waals surface area contributed by atoms with Gasteiger partial charge in [0.15, 0.2) is 0 Å². The Morgan fingerprint density at radius 3 is 2.30 bits per heavy atom. The molecule has 2 aromatic rings. The van der Waals surface area contributed by atoms with Gasteiger partial charge in [-0.3, -0.25) is 0 Å². The lowest BCUT2D eigenvalue weighted by Gasteiger charge is -2.21. The number of anilines is 1. The zero-order valence-corrected chi connectivity index (χ0v) is 10.8. The fourth-order valence-electron chi connectivity index (χ4n) is 1.96. The predicted octanol–water partition coefficient (Wildman–Crippen LogP) is 3.30. The van der Waals surface area contributed by atoms with Crippen LogP contribution in [0.3, 0.4) is 0 Å². The molecule has 0 radical (unpaired) electrons. The highest BCUT2D eigenvalue weighted by molar-refractivity contribution is 5.94. The van der Waals surface area contributed by atoms with Crippen molar-refractivity contribution in [1.82, 2.24) is 0 Å². The molecule has 2 aromatic carbocycles. The lowest BCUT2D eigenvalue weighted by molar-refractivity contribution is 0.0697. The van der Waals surface area contributed by atoms with Crippen LogP contribution in [0.25, 0.3) is 0 Å². The first-order valence-corrected chi connectivity index (χ1v) is 5.96. The summed E-state index contributed by atoms with van der Waals surface area (Å²) in [6, 6.07) is 9.54. The summed E-state index contributed by atoms with van der Waals surface area (Å²) in [5.74, 6) is -2.11. The minimum absolute atomic E-state index is 0.102. The Morgan fingerprint density at radius 2 is 1.70 bits per heavy atom. The fourth-order valence-corrected chi connectivity index (χ4v) is 1.96. The first kappa shape index (κ1) is 14.0. The van der Waals surface area contributed by atoms with Gasteiger partial charge in [0.1, 0.15) is 11.6 Å². The second-order valence-corrected chi connectivity index (χ2v) is 4.45. The van der Waals surface area contributed by atoms with Gasteiger partial charge < -0.3 is 10.0 Å². The highest BCUT2D eigenvalue weighted by Crippen LogP contribution is 2.22. The number of aromatic carboxylic acids is 1. The van der Waals surface area contributed by atoms with Crippen LogP contribution in [0.1, 0.15) is 15.9 Å². The fraction of sp³-hybridized carbons (Fsp3) is 0.133. The van der Waals surface area contributed by atoms with Gasteiger partial charge in [0.25, 0.3) is 0 Å². The van der Waals surface area contributed by atoms with Crippen LogP contribution in [0.2, 0.25) is 0 Å². The van der Waals surface area contributed by atoms with Crippen molar-refractivity contribution in [2.24, 2.45) is 0 Å². The molecule has 0 saturated heterocycles. The minimum atomic E-state index is -1.19. The predicted molar refractivity (Wildman–Crippen MR) is 71.9 cm³/mol. The molecule has 0 saturated carbocycles. The molecule has 0 aromatic heterocycles. The normalized spacial score (nSPS) is 10.3. The summed E-state index contributed by atoms with van der Waals surface area (Å²) in [6.07, 6.45) is 0. The van der Waals surface area contributed by atoms with Gasteiger partial charge in [-0.2, -0.15) is 0 Å². The zero-order valence-electron chi connectivity index (χ0n) is 10.8. The number of benzene rings is 2. The molecule has 1 N–H and O–H groups in total. The number of hydrogen-bond acceptors (Lipinski definition) is 2. The molecule has 2 rings (SSSR count). The Morgan fingerprint density at radius 1 is 1.10 bits per heavy atom. The zero-order chi connectivity index (χ0) is 14.7. The molecular weight excluding hydrogens is 264 g/mol. The summed E-state index contributed by atoms with van der Waals surface area (Å²) in [5.41, 5.74) is 1.13. The molecule has 20 heavy (non-hydrogen) atoms. The standard InChI is InChI=1S/C15H13F2NO2/c1-18(9-10-2-4-11(16)5-3-10)14-7-6-12(17)8-13(14)15(19)20/h2-8H,9H2,1H3,(H,19,20). The van der Waals surface area contributed by atoms with Gasteiger partial charge in [-0.25, -0.2) is 13.6 Å². The number of carbonyl (C=O) groups is 1. The molecule has 0 spiro atoms. The molecule has 0 aliphatic carbocycles. The van der Waals surface area contributed by atoms with Gasteiger partial charge in [0.2, 0.25) is 0 Å². The summed E-state index contributed by atoms with van der Waals surface area (Å²) < 4.78 is 25.9. The molecule has 0 fully saturated rings. The molecule has 0 atom stereocenters. The van der Waals surface area contributed by atoms with Crippen molar-refractivity contribution in [2.75, 3.05) is 11.9 Å². The number of carboxylic acid groups (broad SMARTS) is 1. The van der Waals surface area contributed by atoms with Crippen LogP contribution in [-0.2, 0) is 6.54 Å². The molecule has 0 aliphatic rings. The average molecular weight is 277 g/mol. The van der Waals surface area contributed by atoms with E-state index in [1.807, 2.05) is 0 Å². The Balaban J connectivity index is 2.27.